The minimum absolute atomic E-state index is 0.123. The molecule has 0 bridgehead atoms. The second kappa shape index (κ2) is 9.73. The number of barbiturate groups is 1. The molecular formula is C23H24N2O5. The molecule has 0 radical (unpaired) electrons. The van der Waals surface area contributed by atoms with E-state index in [1.807, 2.05) is 6.92 Å². The van der Waals surface area contributed by atoms with Crippen molar-refractivity contribution < 1.29 is 23.9 Å². The first-order chi connectivity index (χ1) is 14.5. The SMILES string of the molecule is CCCCOc1ccc(N2C(=O)NC(=O)/C(=C/c3ccc(OCC)cc3)C2=O)cc1. The molecule has 7 nitrogen and oxygen atoms in total. The van der Waals surface area contributed by atoms with Crippen LogP contribution in [0.2, 0.25) is 0 Å². The molecule has 0 aliphatic carbocycles. The maximum atomic E-state index is 12.9. The number of nitrogens with zero attached hydrogens (tertiary/aromatic N) is 1. The molecule has 1 N–H and O–H groups in total. The summed E-state index contributed by atoms with van der Waals surface area (Å²) in [6.45, 7) is 5.10. The van der Waals surface area contributed by atoms with Crippen molar-refractivity contribution in [3.8, 4) is 11.5 Å². The predicted molar refractivity (Wildman–Crippen MR) is 113 cm³/mol. The third kappa shape index (κ3) is 4.86. The van der Waals surface area contributed by atoms with Crippen LogP contribution in [0.15, 0.2) is 54.1 Å². The van der Waals surface area contributed by atoms with Gasteiger partial charge in [-0.3, -0.25) is 14.9 Å². The molecule has 0 unspecified atom stereocenters. The summed E-state index contributed by atoms with van der Waals surface area (Å²) in [5.74, 6) is -0.0673. The van der Waals surface area contributed by atoms with Gasteiger partial charge in [-0.25, -0.2) is 9.69 Å². The van der Waals surface area contributed by atoms with Gasteiger partial charge in [-0.05, 0) is 61.4 Å². The first kappa shape index (κ1) is 21.1. The van der Waals surface area contributed by atoms with Crippen LogP contribution in [0.1, 0.15) is 32.3 Å². The molecule has 1 saturated heterocycles. The Morgan fingerprint density at radius 3 is 2.17 bits per heavy atom. The number of nitrogens with one attached hydrogen (secondary N) is 1. The number of urea groups is 1. The van der Waals surface area contributed by atoms with Crippen molar-refractivity contribution in [1.29, 1.82) is 0 Å². The zero-order chi connectivity index (χ0) is 21.5. The predicted octanol–water partition coefficient (Wildman–Crippen LogP) is 3.93. The highest BCUT2D eigenvalue weighted by atomic mass is 16.5. The minimum Gasteiger partial charge on any atom is -0.494 e. The molecule has 1 aliphatic heterocycles. The van der Waals surface area contributed by atoms with Gasteiger partial charge in [-0.15, -0.1) is 0 Å². The first-order valence-electron chi connectivity index (χ1n) is 9.90. The van der Waals surface area contributed by atoms with Crippen LogP contribution in [0.4, 0.5) is 10.5 Å². The molecule has 1 aliphatic rings. The number of unbranched alkanes of at least 4 members (excludes halogenated alkanes) is 1. The lowest BCUT2D eigenvalue weighted by molar-refractivity contribution is -0.122. The maximum Gasteiger partial charge on any atom is 0.335 e. The molecule has 30 heavy (non-hydrogen) atoms. The van der Waals surface area contributed by atoms with E-state index in [2.05, 4.69) is 12.2 Å². The fraction of sp³-hybridized carbons (Fsp3) is 0.261. The molecule has 0 atom stereocenters. The average molecular weight is 408 g/mol. The number of carbonyl (C=O) groups is 3. The van der Waals surface area contributed by atoms with Gasteiger partial charge in [0.2, 0.25) is 0 Å². The summed E-state index contributed by atoms with van der Waals surface area (Å²) in [4.78, 5) is 38.5. The van der Waals surface area contributed by atoms with E-state index in [0.717, 1.165) is 17.7 Å². The van der Waals surface area contributed by atoms with E-state index in [0.29, 0.717) is 36.0 Å². The van der Waals surface area contributed by atoms with E-state index >= 15 is 0 Å². The zero-order valence-electron chi connectivity index (χ0n) is 17.0. The molecule has 1 fully saturated rings. The monoisotopic (exact) mass is 408 g/mol. The summed E-state index contributed by atoms with van der Waals surface area (Å²) in [7, 11) is 0. The van der Waals surface area contributed by atoms with E-state index in [-0.39, 0.29) is 5.57 Å². The van der Waals surface area contributed by atoms with Crippen LogP contribution < -0.4 is 19.7 Å². The molecule has 156 valence electrons. The Hall–Kier alpha value is -3.61. The number of hydrogen-bond acceptors (Lipinski definition) is 5. The normalized spacial score (nSPS) is 15.3. The largest absolute Gasteiger partial charge is 0.494 e. The molecule has 7 heteroatoms. The highest BCUT2D eigenvalue weighted by Gasteiger charge is 2.36. The van der Waals surface area contributed by atoms with Crippen LogP contribution >= 0.6 is 0 Å². The van der Waals surface area contributed by atoms with Gasteiger partial charge in [0.05, 0.1) is 18.9 Å². The number of anilines is 1. The Morgan fingerprint density at radius 2 is 1.53 bits per heavy atom. The number of carbonyl (C=O) groups excluding carboxylic acids is 3. The first-order valence-corrected chi connectivity index (χ1v) is 9.90. The summed E-state index contributed by atoms with van der Waals surface area (Å²) in [5.41, 5.74) is 0.874. The number of benzene rings is 2. The molecule has 1 heterocycles. The smallest absolute Gasteiger partial charge is 0.335 e. The molecular weight excluding hydrogens is 384 g/mol. The van der Waals surface area contributed by atoms with Crippen molar-refractivity contribution in [2.45, 2.75) is 26.7 Å². The van der Waals surface area contributed by atoms with E-state index in [9.17, 15) is 14.4 Å². The Morgan fingerprint density at radius 1 is 0.900 bits per heavy atom. The lowest BCUT2D eigenvalue weighted by atomic mass is 10.1. The van der Waals surface area contributed by atoms with Gasteiger partial charge in [0, 0.05) is 0 Å². The molecule has 3 rings (SSSR count). The van der Waals surface area contributed by atoms with Crippen molar-refractivity contribution >= 4 is 29.6 Å². The van der Waals surface area contributed by atoms with Crippen LogP contribution in [-0.2, 0) is 9.59 Å². The number of imide groups is 2. The highest BCUT2D eigenvalue weighted by Crippen LogP contribution is 2.25. The van der Waals surface area contributed by atoms with Crippen molar-refractivity contribution in [2.75, 3.05) is 18.1 Å². The van der Waals surface area contributed by atoms with Crippen molar-refractivity contribution in [1.82, 2.24) is 5.32 Å². The van der Waals surface area contributed by atoms with Gasteiger partial charge < -0.3 is 9.47 Å². The van der Waals surface area contributed by atoms with Gasteiger partial charge in [-0.1, -0.05) is 25.5 Å². The second-order valence-corrected chi connectivity index (χ2v) is 6.66. The number of rotatable bonds is 8. The summed E-state index contributed by atoms with van der Waals surface area (Å²) in [6.07, 6.45) is 3.42. The van der Waals surface area contributed by atoms with Crippen LogP contribution in [0.5, 0.6) is 11.5 Å². The number of ether oxygens (including phenoxy) is 2. The Bertz CT molecular complexity index is 949. The van der Waals surface area contributed by atoms with Gasteiger partial charge in [0.25, 0.3) is 11.8 Å². The van der Waals surface area contributed by atoms with Gasteiger partial charge in [0.15, 0.2) is 0 Å². The lowest BCUT2D eigenvalue weighted by Crippen LogP contribution is -2.54. The van der Waals surface area contributed by atoms with E-state index in [4.69, 9.17) is 9.47 Å². The topological polar surface area (TPSA) is 84.9 Å². The number of hydrogen-bond donors (Lipinski definition) is 1. The maximum absolute atomic E-state index is 12.9. The second-order valence-electron chi connectivity index (χ2n) is 6.66. The molecule has 0 saturated carbocycles. The fourth-order valence-electron chi connectivity index (χ4n) is 2.91. The summed E-state index contributed by atoms with van der Waals surface area (Å²) in [5, 5.41) is 2.22. The Kier molecular flexibility index (Phi) is 6.85. The van der Waals surface area contributed by atoms with Crippen LogP contribution in [-0.4, -0.2) is 31.1 Å². The molecule has 0 aromatic heterocycles. The highest BCUT2D eigenvalue weighted by molar-refractivity contribution is 6.39. The summed E-state index contributed by atoms with van der Waals surface area (Å²) in [6, 6.07) is 12.8. The molecule has 0 spiro atoms. The van der Waals surface area contributed by atoms with Gasteiger partial charge >= 0.3 is 6.03 Å². The van der Waals surface area contributed by atoms with E-state index in [1.54, 1.807) is 48.5 Å². The quantitative estimate of drug-likeness (QED) is 0.406. The minimum atomic E-state index is -0.784. The zero-order valence-corrected chi connectivity index (χ0v) is 17.0. The van der Waals surface area contributed by atoms with Gasteiger partial charge in [-0.2, -0.15) is 0 Å². The van der Waals surface area contributed by atoms with Crippen LogP contribution in [0.25, 0.3) is 6.08 Å². The lowest BCUT2D eigenvalue weighted by Gasteiger charge is -2.26. The average Bonchev–Trinajstić information content (AvgIpc) is 2.74. The Balaban J connectivity index is 1.81. The Labute approximate surface area is 175 Å². The molecule has 2 aromatic rings. The molecule has 4 amide bonds. The van der Waals surface area contributed by atoms with Gasteiger partial charge in [0.1, 0.15) is 17.1 Å². The standard InChI is InChI=1S/C23H24N2O5/c1-3-5-14-30-19-12-8-17(9-13-19)25-22(27)20(21(26)24-23(25)28)15-16-6-10-18(11-7-16)29-4-2/h6-13,15H,3-5,14H2,1-2H3,(H,24,26,28)/b20-15-. The van der Waals surface area contributed by atoms with E-state index < -0.39 is 17.8 Å². The third-order valence-corrected chi connectivity index (χ3v) is 4.47. The van der Waals surface area contributed by atoms with Crippen LogP contribution in [0, 0.1) is 0 Å². The summed E-state index contributed by atoms with van der Waals surface area (Å²) < 4.78 is 11.0. The summed E-state index contributed by atoms with van der Waals surface area (Å²) >= 11 is 0. The fourth-order valence-corrected chi connectivity index (χ4v) is 2.91. The third-order valence-electron chi connectivity index (χ3n) is 4.47. The molecule has 2 aromatic carbocycles. The van der Waals surface area contributed by atoms with Crippen molar-refractivity contribution in [3.63, 3.8) is 0 Å². The number of amides is 4. The van der Waals surface area contributed by atoms with Crippen molar-refractivity contribution in [3.05, 3.63) is 59.7 Å². The van der Waals surface area contributed by atoms with Crippen LogP contribution in [0.3, 0.4) is 0 Å². The van der Waals surface area contributed by atoms with Crippen molar-refractivity contribution in [2.24, 2.45) is 0 Å². The van der Waals surface area contributed by atoms with E-state index in [1.165, 1.54) is 6.08 Å².